The maximum absolute atomic E-state index is 12.3. The Bertz CT molecular complexity index is 785. The van der Waals surface area contributed by atoms with Gasteiger partial charge >= 0.3 is 0 Å². The Labute approximate surface area is 146 Å². The number of aromatic nitrogens is 4. The molecule has 1 aliphatic heterocycles. The summed E-state index contributed by atoms with van der Waals surface area (Å²) in [5.41, 5.74) is 3.77. The first-order valence-corrected chi connectivity index (χ1v) is 8.59. The van der Waals surface area contributed by atoms with Crippen molar-refractivity contribution in [1.82, 2.24) is 30.2 Å². The van der Waals surface area contributed by atoms with Gasteiger partial charge in [0.1, 0.15) is 5.69 Å². The van der Waals surface area contributed by atoms with Gasteiger partial charge in [-0.2, -0.15) is 10.2 Å². The first kappa shape index (κ1) is 17.2. The van der Waals surface area contributed by atoms with Crippen LogP contribution >= 0.6 is 0 Å². The van der Waals surface area contributed by atoms with Crippen molar-refractivity contribution in [3.8, 4) is 11.3 Å². The fraction of sp³-hybridized carbons (Fsp3) is 0.529. The number of carbonyl (C=O) groups is 2. The lowest BCUT2D eigenvalue weighted by atomic mass is 10.1. The summed E-state index contributed by atoms with van der Waals surface area (Å²) in [6, 6.07) is 1.69. The predicted molar refractivity (Wildman–Crippen MR) is 93.0 cm³/mol. The van der Waals surface area contributed by atoms with Crippen LogP contribution in [0.5, 0.6) is 0 Å². The van der Waals surface area contributed by atoms with E-state index in [2.05, 4.69) is 20.6 Å². The minimum atomic E-state index is -0.330. The number of nitrogens with zero attached hydrogens (tertiary/aromatic N) is 4. The third-order valence-corrected chi connectivity index (χ3v) is 4.70. The van der Waals surface area contributed by atoms with Gasteiger partial charge in [-0.25, -0.2) is 0 Å². The third-order valence-electron chi connectivity index (χ3n) is 4.70. The largest absolute Gasteiger partial charge is 0.342 e. The normalized spacial score (nSPS) is 14.6. The van der Waals surface area contributed by atoms with Crippen molar-refractivity contribution >= 4 is 11.8 Å². The highest BCUT2D eigenvalue weighted by atomic mass is 16.2. The summed E-state index contributed by atoms with van der Waals surface area (Å²) in [5, 5.41) is 14.0. The van der Waals surface area contributed by atoms with Crippen LogP contribution in [0.4, 0.5) is 0 Å². The number of aryl methyl sites for hydroxylation is 2. The van der Waals surface area contributed by atoms with E-state index in [1.807, 2.05) is 25.8 Å². The van der Waals surface area contributed by atoms with Crippen molar-refractivity contribution < 1.29 is 9.59 Å². The van der Waals surface area contributed by atoms with E-state index in [1.54, 1.807) is 10.7 Å². The molecule has 134 valence electrons. The lowest BCUT2D eigenvalue weighted by Gasteiger charge is -2.26. The van der Waals surface area contributed by atoms with Crippen LogP contribution in [0.2, 0.25) is 0 Å². The summed E-state index contributed by atoms with van der Waals surface area (Å²) in [6.45, 7) is 5.44. The average molecular weight is 344 g/mol. The fourth-order valence-electron chi connectivity index (χ4n) is 3.22. The van der Waals surface area contributed by atoms with Gasteiger partial charge in [0.2, 0.25) is 5.91 Å². The van der Waals surface area contributed by atoms with Gasteiger partial charge in [-0.05, 0) is 39.2 Å². The number of hydrogen-bond acceptors (Lipinski definition) is 4. The lowest BCUT2D eigenvalue weighted by molar-refractivity contribution is -0.130. The molecule has 0 radical (unpaired) electrons. The van der Waals surface area contributed by atoms with Crippen LogP contribution < -0.4 is 5.32 Å². The number of piperidine rings is 1. The Morgan fingerprint density at radius 2 is 1.96 bits per heavy atom. The summed E-state index contributed by atoms with van der Waals surface area (Å²) in [7, 11) is 1.87. The van der Waals surface area contributed by atoms with Crippen molar-refractivity contribution in [2.75, 3.05) is 19.6 Å². The monoisotopic (exact) mass is 344 g/mol. The molecule has 2 aromatic heterocycles. The van der Waals surface area contributed by atoms with Crippen LogP contribution in [0.15, 0.2) is 6.07 Å². The Morgan fingerprint density at radius 3 is 2.60 bits per heavy atom. The number of nitrogens with one attached hydrogen (secondary N) is 2. The van der Waals surface area contributed by atoms with E-state index in [0.29, 0.717) is 11.4 Å². The van der Waals surface area contributed by atoms with Crippen LogP contribution in [0.1, 0.15) is 41.1 Å². The molecule has 2 amide bonds. The zero-order valence-corrected chi connectivity index (χ0v) is 14.9. The van der Waals surface area contributed by atoms with Gasteiger partial charge in [-0.1, -0.05) is 0 Å². The van der Waals surface area contributed by atoms with Crippen LogP contribution in [0.25, 0.3) is 11.3 Å². The van der Waals surface area contributed by atoms with Crippen molar-refractivity contribution in [1.29, 1.82) is 0 Å². The Balaban J connectivity index is 1.63. The standard InChI is InChI=1S/C17H24N6O2/c1-11-16(12(2)22(3)21-11)13-9-14(20-19-13)17(25)18-10-15(24)23-7-5-4-6-8-23/h9H,4-8,10H2,1-3H3,(H,18,25)(H,19,20). The van der Waals surface area contributed by atoms with Crippen molar-refractivity contribution in [2.45, 2.75) is 33.1 Å². The SMILES string of the molecule is Cc1nn(C)c(C)c1-c1cc(C(=O)NCC(=O)N2CCCCC2)[nH]n1. The summed E-state index contributed by atoms with van der Waals surface area (Å²) in [6.07, 6.45) is 3.24. The molecular weight excluding hydrogens is 320 g/mol. The highest BCUT2D eigenvalue weighted by Crippen LogP contribution is 2.25. The van der Waals surface area contributed by atoms with Crippen LogP contribution in [0, 0.1) is 13.8 Å². The molecule has 8 nitrogen and oxygen atoms in total. The van der Waals surface area contributed by atoms with Crippen molar-refractivity contribution in [3.63, 3.8) is 0 Å². The van der Waals surface area contributed by atoms with Gasteiger partial charge in [-0.3, -0.25) is 19.4 Å². The Kier molecular flexibility index (Phi) is 4.87. The zero-order valence-electron chi connectivity index (χ0n) is 14.9. The molecular formula is C17H24N6O2. The summed E-state index contributed by atoms with van der Waals surface area (Å²) in [4.78, 5) is 26.2. The summed E-state index contributed by atoms with van der Waals surface area (Å²) >= 11 is 0. The molecule has 2 aromatic rings. The number of likely N-dealkylation sites (tertiary alicyclic amines) is 1. The number of hydrogen-bond donors (Lipinski definition) is 2. The van der Waals surface area contributed by atoms with Gasteiger partial charge in [0, 0.05) is 31.4 Å². The van der Waals surface area contributed by atoms with Gasteiger partial charge < -0.3 is 10.2 Å². The minimum absolute atomic E-state index is 0.0120. The number of amides is 2. The second-order valence-corrected chi connectivity index (χ2v) is 6.46. The number of carbonyl (C=O) groups excluding carboxylic acids is 2. The third kappa shape index (κ3) is 3.57. The molecule has 8 heteroatoms. The van der Waals surface area contributed by atoms with Crippen LogP contribution in [0.3, 0.4) is 0 Å². The van der Waals surface area contributed by atoms with E-state index >= 15 is 0 Å². The number of rotatable bonds is 4. The molecule has 3 rings (SSSR count). The highest BCUT2D eigenvalue weighted by Gasteiger charge is 2.19. The topological polar surface area (TPSA) is 95.9 Å². The highest BCUT2D eigenvalue weighted by molar-refractivity contribution is 5.95. The van der Waals surface area contributed by atoms with Crippen LogP contribution in [-0.2, 0) is 11.8 Å². The van der Waals surface area contributed by atoms with Crippen molar-refractivity contribution in [2.24, 2.45) is 7.05 Å². The molecule has 0 unspecified atom stereocenters. The molecule has 0 bridgehead atoms. The molecule has 0 aromatic carbocycles. The fourth-order valence-corrected chi connectivity index (χ4v) is 3.22. The maximum Gasteiger partial charge on any atom is 0.269 e. The molecule has 1 aliphatic rings. The van der Waals surface area contributed by atoms with Crippen LogP contribution in [-0.4, -0.2) is 56.3 Å². The predicted octanol–water partition coefficient (Wildman–Crippen LogP) is 1.17. The smallest absolute Gasteiger partial charge is 0.269 e. The number of aromatic amines is 1. The van der Waals surface area contributed by atoms with E-state index < -0.39 is 0 Å². The molecule has 0 saturated carbocycles. The maximum atomic E-state index is 12.3. The Hall–Kier alpha value is -2.64. The van der Waals surface area contributed by atoms with Gasteiger partial charge in [-0.15, -0.1) is 0 Å². The molecule has 3 heterocycles. The zero-order chi connectivity index (χ0) is 18.0. The first-order chi connectivity index (χ1) is 12.0. The molecule has 0 spiro atoms. The lowest BCUT2D eigenvalue weighted by Crippen LogP contribution is -2.42. The van der Waals surface area contributed by atoms with E-state index in [9.17, 15) is 9.59 Å². The molecule has 0 atom stereocenters. The van der Waals surface area contributed by atoms with E-state index in [0.717, 1.165) is 42.9 Å². The second kappa shape index (κ2) is 7.08. The summed E-state index contributed by atoms with van der Waals surface area (Å²) < 4.78 is 1.79. The van der Waals surface area contributed by atoms with Gasteiger partial charge in [0.15, 0.2) is 0 Å². The first-order valence-electron chi connectivity index (χ1n) is 8.59. The minimum Gasteiger partial charge on any atom is -0.342 e. The van der Waals surface area contributed by atoms with E-state index in [1.165, 1.54) is 6.42 Å². The molecule has 1 saturated heterocycles. The van der Waals surface area contributed by atoms with Crippen molar-refractivity contribution in [3.05, 3.63) is 23.1 Å². The van der Waals surface area contributed by atoms with E-state index in [4.69, 9.17) is 0 Å². The average Bonchev–Trinajstić information content (AvgIpc) is 3.18. The quantitative estimate of drug-likeness (QED) is 0.870. The molecule has 2 N–H and O–H groups in total. The molecule has 0 aliphatic carbocycles. The molecule has 25 heavy (non-hydrogen) atoms. The van der Waals surface area contributed by atoms with E-state index in [-0.39, 0.29) is 18.4 Å². The van der Waals surface area contributed by atoms with Gasteiger partial charge in [0.05, 0.1) is 17.9 Å². The van der Waals surface area contributed by atoms with Gasteiger partial charge in [0.25, 0.3) is 5.91 Å². The number of H-pyrrole nitrogens is 1. The molecule has 1 fully saturated rings. The second-order valence-electron chi connectivity index (χ2n) is 6.46. The summed E-state index contributed by atoms with van der Waals surface area (Å²) in [5.74, 6) is -0.366. The Morgan fingerprint density at radius 1 is 1.24 bits per heavy atom.